The van der Waals surface area contributed by atoms with Gasteiger partial charge in [0.1, 0.15) is 0 Å². The van der Waals surface area contributed by atoms with Crippen LogP contribution in [0.5, 0.6) is 0 Å². The van der Waals surface area contributed by atoms with Gasteiger partial charge < -0.3 is 20.5 Å². The molecule has 0 radical (unpaired) electrons. The highest BCUT2D eigenvalue weighted by Gasteiger charge is 2.12. The van der Waals surface area contributed by atoms with Crippen molar-refractivity contribution in [2.24, 2.45) is 0 Å². The van der Waals surface area contributed by atoms with Crippen molar-refractivity contribution in [3.05, 3.63) is 72.1 Å². The largest absolute Gasteiger partial charge is 0.351 e. The van der Waals surface area contributed by atoms with Gasteiger partial charge in [0.2, 0.25) is 5.76 Å². The van der Waals surface area contributed by atoms with Gasteiger partial charge in [-0.15, -0.1) is 0 Å². The zero-order chi connectivity index (χ0) is 17.6. The summed E-state index contributed by atoms with van der Waals surface area (Å²) in [5.74, 6) is -0.288. The van der Waals surface area contributed by atoms with Gasteiger partial charge in [-0.05, 0) is 37.3 Å². The highest BCUT2D eigenvalue weighted by atomic mass is 16.5. The summed E-state index contributed by atoms with van der Waals surface area (Å²) in [6.07, 6.45) is 0. The van der Waals surface area contributed by atoms with Crippen molar-refractivity contribution in [1.82, 2.24) is 5.16 Å². The fraction of sp³-hybridized carbons (Fsp3) is 0.0556. The van der Waals surface area contributed by atoms with Crippen LogP contribution < -0.4 is 16.0 Å². The van der Waals surface area contributed by atoms with Crippen molar-refractivity contribution in [2.75, 3.05) is 16.0 Å². The van der Waals surface area contributed by atoms with Gasteiger partial charge in [0, 0.05) is 23.1 Å². The number of aryl methyl sites for hydroxylation is 1. The first-order valence-corrected chi connectivity index (χ1v) is 7.58. The lowest BCUT2D eigenvalue weighted by Gasteiger charge is -2.09. The minimum absolute atomic E-state index is 0.123. The summed E-state index contributed by atoms with van der Waals surface area (Å²) in [5.41, 5.74) is 2.37. The molecule has 126 valence electrons. The number of carbonyl (C=O) groups excluding carboxylic acids is 2. The fourth-order valence-corrected chi connectivity index (χ4v) is 2.15. The molecule has 7 heteroatoms. The van der Waals surface area contributed by atoms with E-state index in [2.05, 4.69) is 21.1 Å². The van der Waals surface area contributed by atoms with Crippen LogP contribution in [0.3, 0.4) is 0 Å². The first-order valence-electron chi connectivity index (χ1n) is 7.58. The number of nitrogens with zero attached hydrogens (tertiary/aromatic N) is 1. The van der Waals surface area contributed by atoms with Crippen LogP contribution in [0.1, 0.15) is 16.2 Å². The Morgan fingerprint density at radius 2 is 1.48 bits per heavy atom. The maximum atomic E-state index is 12.1. The minimum Gasteiger partial charge on any atom is -0.351 e. The standard InChI is InChI=1S/C18H16N4O3/c1-12-10-16(25-22-12)17(23)19-14-8-5-9-15(11-14)21-18(24)20-13-6-3-2-4-7-13/h2-11H,1H3,(H,19,23)(H2,20,21,24). The number of urea groups is 1. The molecule has 3 amide bonds. The molecule has 3 rings (SSSR count). The van der Waals surface area contributed by atoms with Crippen LogP contribution in [0.15, 0.2) is 65.2 Å². The van der Waals surface area contributed by atoms with Gasteiger partial charge in [-0.25, -0.2) is 4.79 Å². The van der Waals surface area contributed by atoms with Gasteiger partial charge in [-0.2, -0.15) is 0 Å². The SMILES string of the molecule is Cc1cc(C(=O)Nc2cccc(NC(=O)Nc3ccccc3)c2)on1. The second-order valence-electron chi connectivity index (χ2n) is 5.31. The second kappa shape index (κ2) is 7.31. The van der Waals surface area contributed by atoms with Gasteiger partial charge in [-0.3, -0.25) is 4.79 Å². The lowest BCUT2D eigenvalue weighted by molar-refractivity contribution is 0.0988. The molecule has 0 aliphatic rings. The number of rotatable bonds is 4. The van der Waals surface area contributed by atoms with E-state index in [1.165, 1.54) is 0 Å². The minimum atomic E-state index is -0.411. The number of anilines is 3. The highest BCUT2D eigenvalue weighted by molar-refractivity contribution is 6.03. The van der Waals surface area contributed by atoms with Crippen LogP contribution in [0, 0.1) is 6.92 Å². The summed E-state index contributed by atoms with van der Waals surface area (Å²) in [6.45, 7) is 1.73. The van der Waals surface area contributed by atoms with Crippen LogP contribution in [0.2, 0.25) is 0 Å². The first-order chi connectivity index (χ1) is 12.1. The van der Waals surface area contributed by atoms with Gasteiger partial charge in [0.05, 0.1) is 5.69 Å². The van der Waals surface area contributed by atoms with Crippen LogP contribution in [0.25, 0.3) is 0 Å². The smallest absolute Gasteiger partial charge is 0.323 e. The molecule has 0 bridgehead atoms. The number of hydrogen-bond acceptors (Lipinski definition) is 4. The predicted molar refractivity (Wildman–Crippen MR) is 94.7 cm³/mol. The Labute approximate surface area is 144 Å². The molecule has 1 aromatic heterocycles. The quantitative estimate of drug-likeness (QED) is 0.673. The van der Waals surface area contributed by atoms with Crippen LogP contribution in [-0.4, -0.2) is 17.1 Å². The monoisotopic (exact) mass is 336 g/mol. The Hall–Kier alpha value is -3.61. The molecule has 0 fully saturated rings. The summed E-state index contributed by atoms with van der Waals surface area (Å²) in [5, 5.41) is 11.8. The van der Waals surface area contributed by atoms with E-state index >= 15 is 0 Å². The van der Waals surface area contributed by atoms with E-state index < -0.39 is 5.91 Å². The van der Waals surface area contributed by atoms with E-state index in [0.29, 0.717) is 22.8 Å². The summed E-state index contributed by atoms with van der Waals surface area (Å²) < 4.78 is 4.92. The van der Waals surface area contributed by atoms with Gasteiger partial charge >= 0.3 is 6.03 Å². The highest BCUT2D eigenvalue weighted by Crippen LogP contribution is 2.17. The van der Waals surface area contributed by atoms with Gasteiger partial charge in [-0.1, -0.05) is 29.4 Å². The molecular formula is C18H16N4O3. The molecule has 3 N–H and O–H groups in total. The number of nitrogens with one attached hydrogen (secondary N) is 3. The fourth-order valence-electron chi connectivity index (χ4n) is 2.15. The molecule has 3 aromatic rings. The summed E-state index contributed by atoms with van der Waals surface area (Å²) in [4.78, 5) is 24.1. The van der Waals surface area contributed by atoms with Crippen molar-refractivity contribution < 1.29 is 14.1 Å². The van der Waals surface area contributed by atoms with Crippen molar-refractivity contribution in [2.45, 2.75) is 6.92 Å². The van der Waals surface area contributed by atoms with Crippen molar-refractivity contribution in [1.29, 1.82) is 0 Å². The average Bonchev–Trinajstić information content (AvgIpc) is 3.02. The molecule has 0 saturated heterocycles. The van der Waals surface area contributed by atoms with Gasteiger partial charge in [0.15, 0.2) is 0 Å². The zero-order valence-corrected chi connectivity index (χ0v) is 13.4. The number of benzene rings is 2. The number of carbonyl (C=O) groups is 2. The van der Waals surface area contributed by atoms with Crippen LogP contribution >= 0.6 is 0 Å². The summed E-state index contributed by atoms with van der Waals surface area (Å²) >= 11 is 0. The maximum absolute atomic E-state index is 12.1. The van der Waals surface area contributed by atoms with Crippen LogP contribution in [-0.2, 0) is 0 Å². The average molecular weight is 336 g/mol. The molecule has 1 heterocycles. The lowest BCUT2D eigenvalue weighted by Crippen LogP contribution is -2.19. The Morgan fingerprint density at radius 1 is 0.840 bits per heavy atom. The second-order valence-corrected chi connectivity index (χ2v) is 5.31. The normalized spacial score (nSPS) is 10.1. The van der Waals surface area contributed by atoms with E-state index in [-0.39, 0.29) is 11.8 Å². The molecule has 2 aromatic carbocycles. The Balaban J connectivity index is 1.63. The zero-order valence-electron chi connectivity index (χ0n) is 13.4. The molecular weight excluding hydrogens is 320 g/mol. The predicted octanol–water partition coefficient (Wildman–Crippen LogP) is 3.88. The Morgan fingerprint density at radius 3 is 2.16 bits per heavy atom. The topological polar surface area (TPSA) is 96.3 Å². The molecule has 0 unspecified atom stereocenters. The third-order valence-electron chi connectivity index (χ3n) is 3.26. The van der Waals surface area contributed by atoms with Crippen molar-refractivity contribution >= 4 is 29.0 Å². The molecule has 25 heavy (non-hydrogen) atoms. The summed E-state index contributed by atoms with van der Waals surface area (Å²) in [7, 11) is 0. The lowest BCUT2D eigenvalue weighted by atomic mass is 10.2. The number of aromatic nitrogens is 1. The summed E-state index contributed by atoms with van der Waals surface area (Å²) in [6, 6.07) is 17.1. The van der Waals surface area contributed by atoms with Crippen molar-refractivity contribution in [3.8, 4) is 0 Å². The number of amides is 3. The third kappa shape index (κ3) is 4.44. The van der Waals surface area contributed by atoms with Crippen LogP contribution in [0.4, 0.5) is 21.9 Å². The number of para-hydroxylation sites is 1. The van der Waals surface area contributed by atoms with E-state index in [1.807, 2.05) is 18.2 Å². The van der Waals surface area contributed by atoms with E-state index in [4.69, 9.17) is 4.52 Å². The van der Waals surface area contributed by atoms with Crippen molar-refractivity contribution in [3.63, 3.8) is 0 Å². The maximum Gasteiger partial charge on any atom is 0.323 e. The van der Waals surface area contributed by atoms with E-state index in [1.54, 1.807) is 49.4 Å². The van der Waals surface area contributed by atoms with Gasteiger partial charge in [0.25, 0.3) is 5.91 Å². The molecule has 0 aliphatic carbocycles. The molecule has 0 aliphatic heterocycles. The number of hydrogen-bond donors (Lipinski definition) is 3. The molecule has 7 nitrogen and oxygen atoms in total. The molecule has 0 saturated carbocycles. The third-order valence-corrected chi connectivity index (χ3v) is 3.26. The molecule has 0 atom stereocenters. The van der Waals surface area contributed by atoms with E-state index in [0.717, 1.165) is 0 Å². The Kier molecular flexibility index (Phi) is 4.75. The Bertz CT molecular complexity index is 890. The van der Waals surface area contributed by atoms with E-state index in [9.17, 15) is 9.59 Å². The first kappa shape index (κ1) is 16.3. The molecule has 0 spiro atoms.